The maximum atomic E-state index is 12.2. The van der Waals surface area contributed by atoms with Gasteiger partial charge in [0.1, 0.15) is 0 Å². The van der Waals surface area contributed by atoms with Crippen molar-refractivity contribution in [3.05, 3.63) is 35.9 Å². The molecule has 0 aliphatic rings. The van der Waals surface area contributed by atoms with Crippen molar-refractivity contribution in [1.82, 2.24) is 0 Å². The average molecular weight is 233 g/mol. The first-order valence-electron chi connectivity index (χ1n) is 5.22. The topological polar surface area (TPSA) is 55.7 Å². The van der Waals surface area contributed by atoms with E-state index in [0.29, 0.717) is 11.3 Å². The zero-order valence-electron chi connectivity index (χ0n) is 10.1. The summed E-state index contributed by atoms with van der Waals surface area (Å²) in [5, 5.41) is 0. The van der Waals surface area contributed by atoms with Crippen LogP contribution >= 0.6 is 0 Å². The SMILES string of the molecule is CN=C(C)C(C(=O)OC)C(=O)c1ccccc1. The molecule has 0 heterocycles. The molecule has 1 aromatic rings. The molecule has 4 nitrogen and oxygen atoms in total. The van der Waals surface area contributed by atoms with Crippen LogP contribution in [0.25, 0.3) is 0 Å². The molecule has 0 aromatic heterocycles. The Morgan fingerprint density at radius 3 is 2.29 bits per heavy atom. The van der Waals surface area contributed by atoms with E-state index in [4.69, 9.17) is 0 Å². The van der Waals surface area contributed by atoms with Gasteiger partial charge in [0.05, 0.1) is 7.11 Å². The summed E-state index contributed by atoms with van der Waals surface area (Å²) < 4.78 is 4.64. The fraction of sp³-hybridized carbons (Fsp3) is 0.308. The summed E-state index contributed by atoms with van der Waals surface area (Å²) >= 11 is 0. The maximum Gasteiger partial charge on any atom is 0.322 e. The summed E-state index contributed by atoms with van der Waals surface area (Å²) in [5.41, 5.74) is 0.927. The van der Waals surface area contributed by atoms with Crippen LogP contribution in [0.1, 0.15) is 17.3 Å². The van der Waals surface area contributed by atoms with Gasteiger partial charge in [0.15, 0.2) is 11.7 Å². The molecule has 0 fully saturated rings. The number of hydrogen-bond donors (Lipinski definition) is 0. The van der Waals surface area contributed by atoms with Crippen LogP contribution in [0.2, 0.25) is 0 Å². The lowest BCUT2D eigenvalue weighted by atomic mass is 9.94. The summed E-state index contributed by atoms with van der Waals surface area (Å²) in [5.74, 6) is -1.82. The Morgan fingerprint density at radius 1 is 1.24 bits per heavy atom. The van der Waals surface area contributed by atoms with Gasteiger partial charge in [-0.1, -0.05) is 30.3 Å². The first-order chi connectivity index (χ1) is 8.11. The van der Waals surface area contributed by atoms with Gasteiger partial charge in [-0.15, -0.1) is 0 Å². The van der Waals surface area contributed by atoms with Crippen LogP contribution in [-0.2, 0) is 9.53 Å². The van der Waals surface area contributed by atoms with Gasteiger partial charge in [0.25, 0.3) is 0 Å². The Balaban J connectivity index is 3.08. The minimum Gasteiger partial charge on any atom is -0.468 e. The predicted octanol–water partition coefficient (Wildman–Crippen LogP) is 1.75. The molecule has 0 aliphatic heterocycles. The molecule has 0 saturated heterocycles. The molecule has 0 bridgehead atoms. The molecule has 0 amide bonds. The molecule has 0 N–H and O–H groups in total. The molecular formula is C13H15NO3. The van der Waals surface area contributed by atoms with Gasteiger partial charge in [0, 0.05) is 18.3 Å². The van der Waals surface area contributed by atoms with E-state index >= 15 is 0 Å². The summed E-state index contributed by atoms with van der Waals surface area (Å²) in [7, 11) is 2.81. The van der Waals surface area contributed by atoms with E-state index in [-0.39, 0.29) is 5.78 Å². The fourth-order valence-corrected chi connectivity index (χ4v) is 1.48. The van der Waals surface area contributed by atoms with Crippen molar-refractivity contribution in [2.45, 2.75) is 6.92 Å². The number of carbonyl (C=O) groups excluding carboxylic acids is 2. The van der Waals surface area contributed by atoms with Crippen LogP contribution in [0.15, 0.2) is 35.3 Å². The highest BCUT2D eigenvalue weighted by atomic mass is 16.5. The van der Waals surface area contributed by atoms with Gasteiger partial charge in [-0.2, -0.15) is 0 Å². The third-order valence-electron chi connectivity index (χ3n) is 2.53. The number of carbonyl (C=O) groups is 2. The van der Waals surface area contributed by atoms with Gasteiger partial charge in [-0.3, -0.25) is 14.6 Å². The van der Waals surface area contributed by atoms with Gasteiger partial charge >= 0.3 is 5.97 Å². The quantitative estimate of drug-likeness (QED) is 0.344. The molecule has 1 aromatic carbocycles. The Hall–Kier alpha value is -1.97. The Bertz CT molecular complexity index is 437. The van der Waals surface area contributed by atoms with Crippen LogP contribution in [0.3, 0.4) is 0 Å². The van der Waals surface area contributed by atoms with E-state index in [0.717, 1.165) is 0 Å². The fourth-order valence-electron chi connectivity index (χ4n) is 1.48. The van der Waals surface area contributed by atoms with Crippen molar-refractivity contribution in [2.75, 3.05) is 14.2 Å². The molecule has 4 heteroatoms. The number of rotatable bonds is 4. The third kappa shape index (κ3) is 3.00. The monoisotopic (exact) mass is 233 g/mol. The van der Waals surface area contributed by atoms with Crippen molar-refractivity contribution in [2.24, 2.45) is 10.9 Å². The Morgan fingerprint density at radius 2 is 1.82 bits per heavy atom. The lowest BCUT2D eigenvalue weighted by Gasteiger charge is -2.13. The molecule has 0 saturated carbocycles. The first-order valence-corrected chi connectivity index (χ1v) is 5.22. The largest absolute Gasteiger partial charge is 0.468 e. The van der Waals surface area contributed by atoms with E-state index in [1.807, 2.05) is 6.07 Å². The highest BCUT2D eigenvalue weighted by molar-refractivity contribution is 6.23. The molecule has 1 rings (SSSR count). The molecule has 1 unspecified atom stereocenters. The second kappa shape index (κ2) is 5.94. The highest BCUT2D eigenvalue weighted by Gasteiger charge is 2.30. The summed E-state index contributed by atoms with van der Waals surface area (Å²) in [4.78, 5) is 27.7. The molecule has 90 valence electrons. The standard InChI is InChI=1S/C13H15NO3/c1-9(14-2)11(13(16)17-3)12(15)10-7-5-4-6-8-10/h4-8,11H,1-3H3. The van der Waals surface area contributed by atoms with Crippen LogP contribution < -0.4 is 0 Å². The van der Waals surface area contributed by atoms with E-state index < -0.39 is 11.9 Å². The van der Waals surface area contributed by atoms with Crippen molar-refractivity contribution in [1.29, 1.82) is 0 Å². The van der Waals surface area contributed by atoms with E-state index in [2.05, 4.69) is 9.73 Å². The molecule has 1 atom stereocenters. The molecule has 0 aliphatic carbocycles. The van der Waals surface area contributed by atoms with Crippen molar-refractivity contribution in [3.8, 4) is 0 Å². The maximum absolute atomic E-state index is 12.2. The van der Waals surface area contributed by atoms with Crippen LogP contribution in [0.5, 0.6) is 0 Å². The summed E-state index contributed by atoms with van der Waals surface area (Å²) in [6.07, 6.45) is 0. The molecule has 0 spiro atoms. The van der Waals surface area contributed by atoms with Crippen molar-refractivity contribution < 1.29 is 14.3 Å². The number of ether oxygens (including phenoxy) is 1. The third-order valence-corrected chi connectivity index (χ3v) is 2.53. The number of esters is 1. The average Bonchev–Trinajstić information content (AvgIpc) is 2.39. The van der Waals surface area contributed by atoms with Gasteiger partial charge in [-0.25, -0.2) is 0 Å². The van der Waals surface area contributed by atoms with Gasteiger partial charge in [-0.05, 0) is 6.92 Å². The summed E-state index contributed by atoms with van der Waals surface area (Å²) in [6.45, 7) is 1.64. The van der Waals surface area contributed by atoms with E-state index in [1.54, 1.807) is 38.2 Å². The van der Waals surface area contributed by atoms with Crippen molar-refractivity contribution >= 4 is 17.5 Å². The zero-order valence-corrected chi connectivity index (χ0v) is 10.1. The number of benzene rings is 1. The number of Topliss-reactive ketones (excluding diaryl/α,β-unsaturated/α-hetero) is 1. The summed E-state index contributed by atoms with van der Waals surface area (Å²) in [6, 6.07) is 8.65. The predicted molar refractivity (Wildman–Crippen MR) is 65.3 cm³/mol. The van der Waals surface area contributed by atoms with Crippen molar-refractivity contribution in [3.63, 3.8) is 0 Å². The highest BCUT2D eigenvalue weighted by Crippen LogP contribution is 2.12. The normalized spacial score (nSPS) is 13.0. The second-order valence-corrected chi connectivity index (χ2v) is 3.55. The second-order valence-electron chi connectivity index (χ2n) is 3.55. The van der Waals surface area contributed by atoms with E-state index in [9.17, 15) is 9.59 Å². The molecular weight excluding hydrogens is 218 g/mol. The number of ketones is 1. The lowest BCUT2D eigenvalue weighted by Crippen LogP contribution is -2.31. The number of hydrogen-bond acceptors (Lipinski definition) is 4. The lowest BCUT2D eigenvalue weighted by molar-refractivity contribution is -0.141. The smallest absolute Gasteiger partial charge is 0.322 e. The van der Waals surface area contributed by atoms with Gasteiger partial charge in [0.2, 0.25) is 0 Å². The number of methoxy groups -OCH3 is 1. The first kappa shape index (κ1) is 13.1. The van der Waals surface area contributed by atoms with E-state index in [1.165, 1.54) is 7.11 Å². The minimum absolute atomic E-state index is 0.291. The van der Waals surface area contributed by atoms with Crippen LogP contribution in [-0.4, -0.2) is 31.6 Å². The zero-order chi connectivity index (χ0) is 12.8. The Labute approximate surface area is 100 Å². The van der Waals surface area contributed by atoms with Gasteiger partial charge < -0.3 is 4.74 Å². The molecule has 17 heavy (non-hydrogen) atoms. The number of nitrogens with zero attached hydrogens (tertiary/aromatic N) is 1. The van der Waals surface area contributed by atoms with Crippen LogP contribution in [0.4, 0.5) is 0 Å². The molecule has 0 radical (unpaired) electrons. The number of aliphatic imine (C=N–C) groups is 1. The Kier molecular flexibility index (Phi) is 4.57. The van der Waals surface area contributed by atoms with Crippen LogP contribution in [0, 0.1) is 5.92 Å². The minimum atomic E-state index is -0.951.